The summed E-state index contributed by atoms with van der Waals surface area (Å²) in [5.41, 5.74) is 6.36. The van der Waals surface area contributed by atoms with Gasteiger partial charge in [0, 0.05) is 6.20 Å². The molecule has 5 heteroatoms. The Labute approximate surface area is 92.8 Å². The first-order valence-electron chi connectivity index (χ1n) is 4.79. The number of aromatic nitrogens is 1. The van der Waals surface area contributed by atoms with Gasteiger partial charge in [-0.3, -0.25) is 0 Å². The lowest BCUT2D eigenvalue weighted by Crippen LogP contribution is -2.47. The van der Waals surface area contributed by atoms with E-state index in [-0.39, 0.29) is 11.3 Å². The van der Waals surface area contributed by atoms with E-state index in [1.165, 1.54) is 0 Å². The van der Waals surface area contributed by atoms with Crippen molar-refractivity contribution in [1.29, 1.82) is 0 Å². The van der Waals surface area contributed by atoms with Crippen LogP contribution in [0.1, 0.15) is 24.8 Å². The Hall–Kier alpha value is -1.29. The van der Waals surface area contributed by atoms with Crippen LogP contribution in [0.5, 0.6) is 0 Å². The Morgan fingerprint density at radius 1 is 1.53 bits per heavy atom. The number of hydrogen-bond donors (Lipinski definition) is 2. The van der Waals surface area contributed by atoms with Gasteiger partial charge >= 0.3 is 0 Å². The van der Waals surface area contributed by atoms with E-state index in [9.17, 15) is 0 Å². The smallest absolute Gasteiger partial charge is 0.149 e. The summed E-state index contributed by atoms with van der Waals surface area (Å²) in [7, 11) is 0. The van der Waals surface area contributed by atoms with Crippen LogP contribution in [0, 0.1) is 0 Å². The molecule has 0 aliphatic heterocycles. The molecule has 0 aromatic carbocycles. The van der Waals surface area contributed by atoms with Gasteiger partial charge in [0.05, 0.1) is 5.41 Å². The van der Waals surface area contributed by atoms with Gasteiger partial charge in [0.25, 0.3) is 0 Å². The van der Waals surface area contributed by atoms with Gasteiger partial charge in [0.15, 0.2) is 0 Å². The largest absolute Gasteiger partial charge is 0.409 e. The number of pyridine rings is 1. The summed E-state index contributed by atoms with van der Waals surface area (Å²) in [5, 5.41) is 12.3. The molecule has 0 saturated heterocycles. The monoisotopic (exact) mass is 225 g/mol. The molecule has 1 aliphatic rings. The zero-order valence-corrected chi connectivity index (χ0v) is 8.91. The molecule has 0 unspecified atom stereocenters. The average Bonchev–Trinajstić information content (AvgIpc) is 2.19. The van der Waals surface area contributed by atoms with Crippen LogP contribution in [0.3, 0.4) is 0 Å². The van der Waals surface area contributed by atoms with Gasteiger partial charge in [0.2, 0.25) is 0 Å². The third-order valence-electron chi connectivity index (χ3n) is 3.09. The number of amidine groups is 1. The molecule has 0 bridgehead atoms. The lowest BCUT2D eigenvalue weighted by Gasteiger charge is -2.40. The molecule has 15 heavy (non-hydrogen) atoms. The standard InChI is InChI=1S/C10H12ClN3O/c11-8-3-2-7(6-13-8)10(4-1-5-10)9(12)14-15/h2-3,6,15H,1,4-5H2,(H2,12,14). The first-order chi connectivity index (χ1) is 7.19. The highest BCUT2D eigenvalue weighted by molar-refractivity contribution is 6.29. The average molecular weight is 226 g/mol. The van der Waals surface area contributed by atoms with Crippen molar-refractivity contribution >= 4 is 17.4 Å². The van der Waals surface area contributed by atoms with Gasteiger partial charge in [-0.1, -0.05) is 29.2 Å². The normalized spacial score (nSPS) is 19.7. The van der Waals surface area contributed by atoms with E-state index in [1.807, 2.05) is 6.07 Å². The SMILES string of the molecule is N/C(=N\O)C1(c2ccc(Cl)nc2)CCC1. The Kier molecular flexibility index (Phi) is 2.52. The van der Waals surface area contributed by atoms with Crippen LogP contribution >= 0.6 is 11.6 Å². The molecule has 1 aliphatic carbocycles. The number of nitrogens with two attached hydrogens (primary N) is 1. The van der Waals surface area contributed by atoms with Gasteiger partial charge < -0.3 is 10.9 Å². The number of halogens is 1. The maximum absolute atomic E-state index is 8.77. The maximum Gasteiger partial charge on any atom is 0.149 e. The molecule has 3 N–H and O–H groups in total. The molecule has 1 heterocycles. The molecule has 0 spiro atoms. The quantitative estimate of drug-likeness (QED) is 0.266. The number of hydrogen-bond acceptors (Lipinski definition) is 3. The molecule has 4 nitrogen and oxygen atoms in total. The van der Waals surface area contributed by atoms with E-state index in [1.54, 1.807) is 12.3 Å². The lowest BCUT2D eigenvalue weighted by atomic mass is 9.64. The second kappa shape index (κ2) is 3.70. The third kappa shape index (κ3) is 1.55. The Morgan fingerprint density at radius 3 is 2.67 bits per heavy atom. The minimum Gasteiger partial charge on any atom is -0.409 e. The highest BCUT2D eigenvalue weighted by Gasteiger charge is 2.43. The van der Waals surface area contributed by atoms with Crippen molar-refractivity contribution in [2.45, 2.75) is 24.7 Å². The predicted octanol–water partition coefficient (Wildman–Crippen LogP) is 1.90. The van der Waals surface area contributed by atoms with Crippen molar-refractivity contribution in [1.82, 2.24) is 4.98 Å². The van der Waals surface area contributed by atoms with Crippen molar-refractivity contribution in [2.24, 2.45) is 10.9 Å². The number of oxime groups is 1. The summed E-state index contributed by atoms with van der Waals surface area (Å²) in [6.45, 7) is 0. The van der Waals surface area contributed by atoms with E-state index in [0.717, 1.165) is 24.8 Å². The van der Waals surface area contributed by atoms with E-state index in [4.69, 9.17) is 22.5 Å². The van der Waals surface area contributed by atoms with Gasteiger partial charge in [-0.25, -0.2) is 4.98 Å². The van der Waals surface area contributed by atoms with Crippen LogP contribution in [0.4, 0.5) is 0 Å². The van der Waals surface area contributed by atoms with Crippen molar-refractivity contribution < 1.29 is 5.21 Å². The van der Waals surface area contributed by atoms with Crippen molar-refractivity contribution in [3.8, 4) is 0 Å². The summed E-state index contributed by atoms with van der Waals surface area (Å²) < 4.78 is 0. The second-order valence-corrected chi connectivity index (χ2v) is 4.18. The Bertz CT molecular complexity index is 384. The van der Waals surface area contributed by atoms with Crippen LogP contribution in [0.25, 0.3) is 0 Å². The van der Waals surface area contributed by atoms with Crippen LogP contribution in [0.2, 0.25) is 5.15 Å². The van der Waals surface area contributed by atoms with Gasteiger partial charge in [-0.2, -0.15) is 0 Å². The minimum atomic E-state index is -0.327. The molecule has 1 saturated carbocycles. The first-order valence-corrected chi connectivity index (χ1v) is 5.17. The van der Waals surface area contributed by atoms with Crippen molar-refractivity contribution in [2.75, 3.05) is 0 Å². The van der Waals surface area contributed by atoms with E-state index >= 15 is 0 Å². The summed E-state index contributed by atoms with van der Waals surface area (Å²) in [6.07, 6.45) is 4.57. The van der Waals surface area contributed by atoms with E-state index < -0.39 is 0 Å². The van der Waals surface area contributed by atoms with Gasteiger partial charge in [-0.05, 0) is 24.5 Å². The van der Waals surface area contributed by atoms with E-state index in [2.05, 4.69) is 10.1 Å². The highest BCUT2D eigenvalue weighted by atomic mass is 35.5. The first kappa shape index (κ1) is 10.2. The summed E-state index contributed by atoms with van der Waals surface area (Å²) >= 11 is 5.71. The molecule has 1 aromatic rings. The molecule has 0 atom stereocenters. The second-order valence-electron chi connectivity index (χ2n) is 3.79. The topological polar surface area (TPSA) is 71.5 Å². The van der Waals surface area contributed by atoms with Crippen LogP contribution in [-0.4, -0.2) is 16.0 Å². The molecule has 2 rings (SSSR count). The molecule has 80 valence electrons. The molecule has 0 amide bonds. The van der Waals surface area contributed by atoms with Gasteiger partial charge in [-0.15, -0.1) is 0 Å². The number of nitrogens with zero attached hydrogens (tertiary/aromatic N) is 2. The van der Waals surface area contributed by atoms with Crippen molar-refractivity contribution in [3.63, 3.8) is 0 Å². The minimum absolute atomic E-state index is 0.262. The zero-order chi connectivity index (χ0) is 10.9. The molecule has 1 aromatic heterocycles. The zero-order valence-electron chi connectivity index (χ0n) is 8.15. The van der Waals surface area contributed by atoms with Crippen LogP contribution in [-0.2, 0) is 5.41 Å². The fourth-order valence-electron chi connectivity index (χ4n) is 1.98. The van der Waals surface area contributed by atoms with Crippen LogP contribution in [0.15, 0.2) is 23.5 Å². The summed E-state index contributed by atoms with van der Waals surface area (Å²) in [6, 6.07) is 3.61. The predicted molar refractivity (Wildman–Crippen MR) is 58.2 cm³/mol. The Morgan fingerprint density at radius 2 is 2.27 bits per heavy atom. The lowest BCUT2D eigenvalue weighted by molar-refractivity contribution is 0.286. The third-order valence-corrected chi connectivity index (χ3v) is 3.31. The Balaban J connectivity index is 2.38. The molecular formula is C10H12ClN3O. The molecule has 1 fully saturated rings. The fraction of sp³-hybridized carbons (Fsp3) is 0.400. The highest BCUT2D eigenvalue weighted by Crippen LogP contribution is 2.43. The maximum atomic E-state index is 8.77. The summed E-state index contributed by atoms with van der Waals surface area (Å²) in [5.74, 6) is 0.262. The molecule has 0 radical (unpaired) electrons. The van der Waals surface area contributed by atoms with Crippen molar-refractivity contribution in [3.05, 3.63) is 29.0 Å². The van der Waals surface area contributed by atoms with Crippen LogP contribution < -0.4 is 5.73 Å². The van der Waals surface area contributed by atoms with E-state index in [0.29, 0.717) is 5.15 Å². The summed E-state index contributed by atoms with van der Waals surface area (Å²) in [4.78, 5) is 4.02. The van der Waals surface area contributed by atoms with Gasteiger partial charge in [0.1, 0.15) is 11.0 Å². The number of rotatable bonds is 2. The molecular weight excluding hydrogens is 214 g/mol. The fourth-order valence-corrected chi connectivity index (χ4v) is 2.09.